The van der Waals surface area contributed by atoms with Crippen molar-refractivity contribution >= 4 is 19.4 Å². The van der Waals surface area contributed by atoms with Gasteiger partial charge in [-0.15, -0.1) is 0 Å². The van der Waals surface area contributed by atoms with Crippen LogP contribution in [0.1, 0.15) is 47.9 Å². The molecule has 0 heterocycles. The average molecular weight is 426 g/mol. The maximum Gasteiger partial charge on any atom is 1.00 e. The molecule has 0 aliphatic heterocycles. The third-order valence-electron chi connectivity index (χ3n) is 5.04. The zero-order valence-corrected chi connectivity index (χ0v) is 20.5. The standard InChI is InChI=1S/C23H31O5P.Li.H/c1-13-11-14(2)22(16(4)15(13)3)23(24)29-21-10-9-19(27-17(5)25-7)12-20(21)28-18(6)26-8;;/h9-12,17-18,29H,1-8H3;;/q;+1;-1. The van der Waals surface area contributed by atoms with Crippen LogP contribution in [-0.2, 0) is 9.47 Å². The number of methoxy groups -OCH3 is 2. The summed E-state index contributed by atoms with van der Waals surface area (Å²) in [7, 11) is 3.09. The molecule has 2 aromatic carbocycles. The molecule has 160 valence electrons. The Kier molecular flexibility index (Phi) is 10.6. The van der Waals surface area contributed by atoms with E-state index in [4.69, 9.17) is 18.9 Å². The van der Waals surface area contributed by atoms with Crippen molar-refractivity contribution in [2.45, 2.75) is 54.1 Å². The number of hydrogen-bond donors (Lipinski definition) is 0. The molecular formula is C23H32LiO5P. The Morgan fingerprint density at radius 2 is 1.50 bits per heavy atom. The summed E-state index contributed by atoms with van der Waals surface area (Å²) in [4.78, 5) is 13.2. The van der Waals surface area contributed by atoms with E-state index in [2.05, 4.69) is 19.9 Å². The third-order valence-corrected chi connectivity index (χ3v) is 6.20. The minimum Gasteiger partial charge on any atom is -1.00 e. The predicted molar refractivity (Wildman–Crippen MR) is 119 cm³/mol. The van der Waals surface area contributed by atoms with Crippen molar-refractivity contribution in [1.82, 2.24) is 0 Å². The van der Waals surface area contributed by atoms with Crippen molar-refractivity contribution in [3.8, 4) is 11.5 Å². The van der Waals surface area contributed by atoms with Gasteiger partial charge in [-0.1, -0.05) is 6.07 Å². The molecule has 0 spiro atoms. The van der Waals surface area contributed by atoms with Gasteiger partial charge in [0, 0.05) is 31.2 Å². The van der Waals surface area contributed by atoms with Crippen molar-refractivity contribution < 1.29 is 44.0 Å². The molecule has 0 saturated heterocycles. The Bertz CT molecular complexity index is 891. The zero-order valence-electron chi connectivity index (χ0n) is 20.5. The van der Waals surface area contributed by atoms with Crippen LogP contribution in [0.15, 0.2) is 24.3 Å². The van der Waals surface area contributed by atoms with Gasteiger partial charge in [0.25, 0.3) is 0 Å². The molecule has 0 radical (unpaired) electrons. The largest absolute Gasteiger partial charge is 1.00 e. The minimum absolute atomic E-state index is 0. The molecule has 3 atom stereocenters. The fraction of sp³-hybridized carbons (Fsp3) is 0.435. The first-order chi connectivity index (χ1) is 13.7. The van der Waals surface area contributed by atoms with Gasteiger partial charge in [-0.25, -0.2) is 0 Å². The number of carbonyl (C=O) groups is 1. The maximum atomic E-state index is 13.2. The summed E-state index contributed by atoms with van der Waals surface area (Å²) in [5.74, 6) is 1.18. The van der Waals surface area contributed by atoms with Gasteiger partial charge in [0.2, 0.25) is 0 Å². The molecule has 2 rings (SSSR count). The average Bonchev–Trinajstić information content (AvgIpc) is 2.67. The molecule has 0 fully saturated rings. The second kappa shape index (κ2) is 11.9. The van der Waals surface area contributed by atoms with Crippen LogP contribution in [-0.4, -0.2) is 32.3 Å². The van der Waals surface area contributed by atoms with Gasteiger partial charge in [0.1, 0.15) is 11.5 Å². The minimum atomic E-state index is -0.450. The number of rotatable bonds is 9. The van der Waals surface area contributed by atoms with Crippen LogP contribution in [0.2, 0.25) is 0 Å². The number of carbonyl (C=O) groups excluding carboxylic acids is 1. The van der Waals surface area contributed by atoms with E-state index in [1.807, 2.05) is 32.9 Å². The van der Waals surface area contributed by atoms with Gasteiger partial charge >= 0.3 is 18.9 Å². The fourth-order valence-electron chi connectivity index (χ4n) is 3.06. The zero-order chi connectivity index (χ0) is 21.7. The van der Waals surface area contributed by atoms with Crippen molar-refractivity contribution in [1.29, 1.82) is 0 Å². The van der Waals surface area contributed by atoms with Crippen molar-refractivity contribution in [2.75, 3.05) is 14.2 Å². The molecule has 0 amide bonds. The Labute approximate surface area is 195 Å². The molecule has 0 bridgehead atoms. The molecule has 7 heteroatoms. The van der Waals surface area contributed by atoms with E-state index in [0.29, 0.717) is 11.5 Å². The summed E-state index contributed by atoms with van der Waals surface area (Å²) in [6.45, 7) is 11.7. The fourth-order valence-corrected chi connectivity index (χ4v) is 4.24. The topological polar surface area (TPSA) is 54.0 Å². The van der Waals surface area contributed by atoms with E-state index >= 15 is 0 Å². The third kappa shape index (κ3) is 6.58. The van der Waals surface area contributed by atoms with Crippen molar-refractivity contribution in [3.63, 3.8) is 0 Å². The van der Waals surface area contributed by atoms with E-state index < -0.39 is 12.6 Å². The van der Waals surface area contributed by atoms with Crippen LogP contribution in [0, 0.1) is 27.7 Å². The molecule has 3 unspecified atom stereocenters. The first kappa shape index (κ1) is 26.7. The van der Waals surface area contributed by atoms with E-state index in [9.17, 15) is 4.79 Å². The second-order valence-corrected chi connectivity index (χ2v) is 8.33. The van der Waals surface area contributed by atoms with Crippen LogP contribution < -0.4 is 33.6 Å². The number of hydrogen-bond acceptors (Lipinski definition) is 5. The quantitative estimate of drug-likeness (QED) is 0.349. The van der Waals surface area contributed by atoms with Crippen LogP contribution >= 0.6 is 8.58 Å². The second-order valence-electron chi connectivity index (χ2n) is 7.09. The number of benzene rings is 2. The van der Waals surface area contributed by atoms with Crippen LogP contribution in [0.3, 0.4) is 0 Å². The van der Waals surface area contributed by atoms with Crippen LogP contribution in [0.4, 0.5) is 0 Å². The van der Waals surface area contributed by atoms with Crippen LogP contribution in [0.25, 0.3) is 0 Å². The smallest absolute Gasteiger partial charge is 1.00 e. The molecule has 2 aromatic rings. The Balaban J connectivity index is 0.00000450. The van der Waals surface area contributed by atoms with E-state index in [1.165, 1.54) is 5.56 Å². The van der Waals surface area contributed by atoms with Gasteiger partial charge in [-0.05, 0) is 84.5 Å². The summed E-state index contributed by atoms with van der Waals surface area (Å²) in [5.41, 5.74) is 5.30. The number of ether oxygens (including phenoxy) is 4. The van der Waals surface area contributed by atoms with E-state index in [0.717, 1.165) is 27.6 Å². The van der Waals surface area contributed by atoms with Gasteiger partial charge in [-0.3, -0.25) is 4.79 Å². The van der Waals surface area contributed by atoms with Crippen molar-refractivity contribution in [2.24, 2.45) is 0 Å². The van der Waals surface area contributed by atoms with Crippen LogP contribution in [0.5, 0.6) is 11.5 Å². The summed E-state index contributed by atoms with van der Waals surface area (Å²) < 4.78 is 22.0. The monoisotopic (exact) mass is 426 g/mol. The van der Waals surface area contributed by atoms with E-state index in [-0.39, 0.29) is 34.4 Å². The van der Waals surface area contributed by atoms with Gasteiger partial charge in [-0.2, -0.15) is 0 Å². The summed E-state index contributed by atoms with van der Waals surface area (Å²) in [6.07, 6.45) is -0.840. The summed E-state index contributed by atoms with van der Waals surface area (Å²) in [6, 6.07) is 7.56. The Hall–Kier alpha value is -1.34. The molecule has 30 heavy (non-hydrogen) atoms. The molecule has 5 nitrogen and oxygen atoms in total. The summed E-state index contributed by atoms with van der Waals surface area (Å²) in [5, 5.41) is 0.813. The SMILES string of the molecule is COC(C)Oc1ccc(PC(=O)c2c(C)cc(C)c(C)c2C)c(OC(C)OC)c1.[H-].[Li+]. The number of aryl methyl sites for hydroxylation is 2. The molecule has 0 saturated carbocycles. The maximum absolute atomic E-state index is 13.2. The molecule has 0 aliphatic rings. The normalized spacial score (nSPS) is 13.1. The molecular weight excluding hydrogens is 394 g/mol. The Morgan fingerprint density at radius 3 is 2.10 bits per heavy atom. The molecule has 0 aliphatic carbocycles. The molecule has 0 N–H and O–H groups in total. The van der Waals surface area contributed by atoms with E-state index in [1.54, 1.807) is 27.2 Å². The van der Waals surface area contributed by atoms with Gasteiger partial charge in [0.05, 0.1) is 0 Å². The first-order valence-electron chi connectivity index (χ1n) is 9.59. The van der Waals surface area contributed by atoms with Gasteiger partial charge < -0.3 is 20.4 Å². The van der Waals surface area contributed by atoms with Crippen molar-refractivity contribution in [3.05, 3.63) is 52.1 Å². The Morgan fingerprint density at radius 1 is 0.900 bits per heavy atom. The van der Waals surface area contributed by atoms with Gasteiger partial charge in [0.15, 0.2) is 18.1 Å². The first-order valence-corrected chi connectivity index (χ1v) is 10.6. The molecule has 0 aromatic heterocycles. The summed E-state index contributed by atoms with van der Waals surface area (Å²) >= 11 is 0. The predicted octanol–water partition coefficient (Wildman–Crippen LogP) is 1.92.